The smallest absolute Gasteiger partial charge is 0.246 e. The summed E-state index contributed by atoms with van der Waals surface area (Å²) in [4.78, 5) is 20.4. The maximum atomic E-state index is 13.9. The van der Waals surface area contributed by atoms with Crippen LogP contribution in [-0.2, 0) is 6.54 Å². The first-order valence-electron chi connectivity index (χ1n) is 8.41. The Morgan fingerprint density at radius 3 is 2.85 bits per heavy atom. The Hall–Kier alpha value is -3.62. The lowest BCUT2D eigenvalue weighted by Crippen LogP contribution is -2.08. The van der Waals surface area contributed by atoms with Crippen molar-refractivity contribution in [2.75, 3.05) is 5.32 Å². The van der Waals surface area contributed by atoms with E-state index in [0.29, 0.717) is 29.3 Å². The van der Waals surface area contributed by atoms with Crippen LogP contribution >= 0.6 is 0 Å². The van der Waals surface area contributed by atoms with Gasteiger partial charge in [0.2, 0.25) is 11.9 Å². The lowest BCUT2D eigenvalue weighted by molar-refractivity contribution is 0.0893. The van der Waals surface area contributed by atoms with Crippen LogP contribution in [0.4, 0.5) is 16.0 Å². The number of halogens is 1. The molecule has 4 aromatic rings. The maximum absolute atomic E-state index is 13.9. The summed E-state index contributed by atoms with van der Waals surface area (Å²) in [6.07, 6.45) is 6.74. The highest BCUT2D eigenvalue weighted by Crippen LogP contribution is 2.18. The number of nitrogens with zero attached hydrogens (tertiary/aromatic N) is 6. The second-order valence-corrected chi connectivity index (χ2v) is 5.91. The van der Waals surface area contributed by atoms with Crippen LogP contribution in [-0.4, -0.2) is 35.4 Å². The molecule has 0 saturated heterocycles. The van der Waals surface area contributed by atoms with Gasteiger partial charge in [0.1, 0.15) is 5.82 Å². The molecule has 0 atom stereocenters. The van der Waals surface area contributed by atoms with Crippen molar-refractivity contribution in [3.05, 3.63) is 60.4 Å². The fraction of sp³-hybridized carbons (Fsp3) is 0.167. The third-order valence-corrected chi connectivity index (χ3v) is 4.05. The normalized spacial score (nSPS) is 11.0. The predicted molar refractivity (Wildman–Crippen MR) is 97.3 cm³/mol. The zero-order chi connectivity index (χ0) is 18.8. The number of benzene rings is 1. The molecule has 3 heterocycles. The summed E-state index contributed by atoms with van der Waals surface area (Å²) in [5.74, 6) is -0.0646. The number of hydrogen-bond acceptors (Lipinski definition) is 6. The molecule has 0 aliphatic carbocycles. The molecule has 0 saturated carbocycles. The number of hydrogen-bond donors (Lipinski definition) is 1. The van der Waals surface area contributed by atoms with E-state index >= 15 is 0 Å². The Morgan fingerprint density at radius 1 is 1.19 bits per heavy atom. The molecule has 0 aliphatic rings. The molecule has 0 radical (unpaired) electrons. The highest BCUT2D eigenvalue weighted by Gasteiger charge is 2.11. The number of nitrogens with one attached hydrogen (secondary N) is 1. The number of carbonyl (C=O) groups is 1. The van der Waals surface area contributed by atoms with Gasteiger partial charge in [0.15, 0.2) is 5.65 Å². The first kappa shape index (κ1) is 16.8. The van der Waals surface area contributed by atoms with Gasteiger partial charge in [-0.3, -0.25) is 4.79 Å². The molecule has 136 valence electrons. The summed E-state index contributed by atoms with van der Waals surface area (Å²) in [5.41, 5.74) is 1.69. The third kappa shape index (κ3) is 3.39. The molecule has 8 nitrogen and oxygen atoms in total. The van der Waals surface area contributed by atoms with E-state index in [1.54, 1.807) is 48.4 Å². The van der Waals surface area contributed by atoms with Crippen molar-refractivity contribution in [1.29, 1.82) is 0 Å². The average Bonchev–Trinajstić information content (AvgIpc) is 3.30. The Labute approximate surface area is 153 Å². The summed E-state index contributed by atoms with van der Waals surface area (Å²) in [5, 5.41) is 12.0. The number of aromatic nitrogens is 6. The van der Waals surface area contributed by atoms with Gasteiger partial charge in [0.05, 0.1) is 36.2 Å². The summed E-state index contributed by atoms with van der Waals surface area (Å²) in [7, 11) is 0. The van der Waals surface area contributed by atoms with E-state index in [2.05, 4.69) is 25.5 Å². The van der Waals surface area contributed by atoms with E-state index < -0.39 is 0 Å². The minimum Gasteiger partial charge on any atom is -0.321 e. The summed E-state index contributed by atoms with van der Waals surface area (Å²) in [6.45, 7) is 2.03. The van der Waals surface area contributed by atoms with Gasteiger partial charge >= 0.3 is 0 Å². The largest absolute Gasteiger partial charge is 0.321 e. The number of anilines is 2. The lowest BCUT2D eigenvalue weighted by Gasteiger charge is -2.06. The van der Waals surface area contributed by atoms with Gasteiger partial charge in [-0.15, -0.1) is 0 Å². The van der Waals surface area contributed by atoms with Gasteiger partial charge in [-0.1, -0.05) is 25.1 Å². The Kier molecular flexibility index (Phi) is 4.33. The van der Waals surface area contributed by atoms with Crippen molar-refractivity contribution in [2.45, 2.75) is 19.9 Å². The fourth-order valence-electron chi connectivity index (χ4n) is 2.65. The van der Waals surface area contributed by atoms with Crippen LogP contribution in [0.5, 0.6) is 0 Å². The van der Waals surface area contributed by atoms with E-state index in [4.69, 9.17) is 0 Å². The van der Waals surface area contributed by atoms with Crippen LogP contribution in [0.2, 0.25) is 0 Å². The molecule has 3 aromatic heterocycles. The topological polar surface area (TPSA) is 90.5 Å². The van der Waals surface area contributed by atoms with Gasteiger partial charge in [-0.05, 0) is 6.07 Å². The van der Waals surface area contributed by atoms with Crippen LogP contribution in [0.3, 0.4) is 0 Å². The standard InChI is InChI=1S/C18H16FN7O/c1-2-16(27)25-11-14(9-22-25)23-18-20-7-13-8-21-26(17(13)24-18)10-12-5-3-4-6-15(12)19/h3-9,11H,2,10H2,1H3,(H,20,23,24). The molecule has 0 amide bonds. The Bertz CT molecular complexity index is 1120. The monoisotopic (exact) mass is 365 g/mol. The van der Waals surface area contributed by atoms with Crippen molar-refractivity contribution in [1.82, 2.24) is 29.5 Å². The van der Waals surface area contributed by atoms with Crippen LogP contribution in [0.15, 0.2) is 49.1 Å². The van der Waals surface area contributed by atoms with Crippen LogP contribution in [0, 0.1) is 5.82 Å². The average molecular weight is 365 g/mol. The van der Waals surface area contributed by atoms with E-state index in [1.165, 1.54) is 16.9 Å². The molecule has 0 bridgehead atoms. The highest BCUT2D eigenvalue weighted by atomic mass is 19.1. The van der Waals surface area contributed by atoms with E-state index in [0.717, 1.165) is 5.39 Å². The Morgan fingerprint density at radius 2 is 2.04 bits per heavy atom. The first-order valence-corrected chi connectivity index (χ1v) is 8.41. The van der Waals surface area contributed by atoms with E-state index in [-0.39, 0.29) is 18.3 Å². The molecule has 0 fully saturated rings. The summed E-state index contributed by atoms with van der Waals surface area (Å²) >= 11 is 0. The van der Waals surface area contributed by atoms with Gasteiger partial charge in [-0.25, -0.2) is 18.7 Å². The molecule has 9 heteroatoms. The van der Waals surface area contributed by atoms with Gasteiger partial charge in [0, 0.05) is 18.2 Å². The molecule has 1 aromatic carbocycles. The molecule has 4 rings (SSSR count). The maximum Gasteiger partial charge on any atom is 0.246 e. The fourth-order valence-corrected chi connectivity index (χ4v) is 2.65. The lowest BCUT2D eigenvalue weighted by atomic mass is 10.2. The van der Waals surface area contributed by atoms with E-state index in [1.807, 2.05) is 0 Å². The Balaban J connectivity index is 1.61. The molecule has 1 N–H and O–H groups in total. The number of carbonyl (C=O) groups excluding carboxylic acids is 1. The first-order chi connectivity index (χ1) is 13.1. The SMILES string of the molecule is CCC(=O)n1cc(Nc2ncc3cnn(Cc4ccccc4F)c3n2)cn1. The van der Waals surface area contributed by atoms with Gasteiger partial charge in [-0.2, -0.15) is 15.2 Å². The van der Waals surface area contributed by atoms with Gasteiger partial charge in [0.25, 0.3) is 0 Å². The van der Waals surface area contributed by atoms with Crippen molar-refractivity contribution >= 4 is 28.6 Å². The molecule has 0 aliphatic heterocycles. The zero-order valence-electron chi connectivity index (χ0n) is 14.5. The van der Waals surface area contributed by atoms with Gasteiger partial charge < -0.3 is 5.32 Å². The second kappa shape index (κ2) is 6.94. The molecule has 27 heavy (non-hydrogen) atoms. The number of rotatable bonds is 5. The van der Waals surface area contributed by atoms with Crippen molar-refractivity contribution in [3.63, 3.8) is 0 Å². The van der Waals surface area contributed by atoms with E-state index in [9.17, 15) is 9.18 Å². The third-order valence-electron chi connectivity index (χ3n) is 4.05. The second-order valence-electron chi connectivity index (χ2n) is 5.91. The van der Waals surface area contributed by atoms with Crippen molar-refractivity contribution in [2.24, 2.45) is 0 Å². The predicted octanol–water partition coefficient (Wildman–Crippen LogP) is 3.00. The summed E-state index contributed by atoms with van der Waals surface area (Å²) in [6, 6.07) is 6.55. The minimum atomic E-state index is -0.290. The van der Waals surface area contributed by atoms with Crippen LogP contribution in [0.25, 0.3) is 11.0 Å². The zero-order valence-corrected chi connectivity index (χ0v) is 14.5. The molecule has 0 unspecified atom stereocenters. The van der Waals surface area contributed by atoms with Crippen molar-refractivity contribution in [3.8, 4) is 0 Å². The highest BCUT2D eigenvalue weighted by molar-refractivity contribution is 5.79. The quantitative estimate of drug-likeness (QED) is 0.585. The minimum absolute atomic E-state index is 0.109. The number of fused-ring (bicyclic) bond motifs is 1. The van der Waals surface area contributed by atoms with Crippen LogP contribution < -0.4 is 5.32 Å². The van der Waals surface area contributed by atoms with Crippen molar-refractivity contribution < 1.29 is 9.18 Å². The molecular formula is C18H16FN7O. The van der Waals surface area contributed by atoms with Crippen LogP contribution in [0.1, 0.15) is 23.7 Å². The summed E-state index contributed by atoms with van der Waals surface area (Å²) < 4.78 is 16.8. The molecule has 0 spiro atoms. The molecular weight excluding hydrogens is 349 g/mol.